The molecule has 0 unspecified atom stereocenters. The van der Waals surface area contributed by atoms with Gasteiger partial charge in [0.05, 0.1) is 0 Å². The van der Waals surface area contributed by atoms with Crippen LogP contribution in [0.1, 0.15) is 22.3 Å². The Bertz CT molecular complexity index is 1370. The van der Waals surface area contributed by atoms with Gasteiger partial charge in [-0.2, -0.15) is 47.5 Å². The van der Waals surface area contributed by atoms with Gasteiger partial charge in [-0.15, -0.1) is 35.4 Å². The molecule has 6 rings (SSSR count). The quantitative estimate of drug-likeness (QED) is 0.111. The Morgan fingerprint density at radius 2 is 0.854 bits per heavy atom. The minimum Gasteiger partial charge on any atom is -0.361 e. The fourth-order valence-electron chi connectivity index (χ4n) is 3.48. The van der Waals surface area contributed by atoms with Crippen LogP contribution in [0.15, 0.2) is 122 Å². The van der Waals surface area contributed by atoms with E-state index in [2.05, 4.69) is 38.1 Å². The van der Waals surface area contributed by atoms with E-state index < -0.39 is 23.3 Å². The molecule has 41 heavy (non-hydrogen) atoms. The van der Waals surface area contributed by atoms with Crippen molar-refractivity contribution in [2.75, 3.05) is 0 Å². The van der Waals surface area contributed by atoms with E-state index in [1.807, 2.05) is 94.6 Å². The van der Waals surface area contributed by atoms with Crippen LogP contribution in [0.4, 0.5) is 17.6 Å². The SMILES string of the molecule is C[c-]1cccc1.C[c-]1cccc1.Fc1[c-]c(F)c(Cn2cccc2)cc1.Fc1[c-]c(F)c(Cn2cccc2)cc1.[Ti+4]. The minimum absolute atomic E-state index is 0. The molecule has 0 amide bonds. The Kier molecular flexibility index (Phi) is 14.4. The molecule has 0 fully saturated rings. The average Bonchev–Trinajstić information content (AvgIpc) is 3.74. The molecular weight excluding hydrogens is 560 g/mol. The molecule has 0 atom stereocenters. The first-order chi connectivity index (χ1) is 19.3. The van der Waals surface area contributed by atoms with Crippen LogP contribution in [0, 0.1) is 49.2 Å². The summed E-state index contributed by atoms with van der Waals surface area (Å²) in [6.07, 6.45) is 7.29. The summed E-state index contributed by atoms with van der Waals surface area (Å²) in [6, 6.07) is 33.2. The van der Waals surface area contributed by atoms with Crippen LogP contribution in [-0.4, -0.2) is 9.13 Å². The maximum Gasteiger partial charge on any atom is 4.00 e. The Hall–Kier alpha value is -3.87. The largest absolute Gasteiger partial charge is 4.00 e. The molecule has 2 aromatic heterocycles. The van der Waals surface area contributed by atoms with Crippen molar-refractivity contribution in [2.24, 2.45) is 0 Å². The maximum atomic E-state index is 13.1. The first-order valence-corrected chi connectivity index (χ1v) is 12.6. The molecule has 7 heteroatoms. The minimum atomic E-state index is -0.668. The maximum absolute atomic E-state index is 13.1. The van der Waals surface area contributed by atoms with Crippen molar-refractivity contribution in [1.82, 2.24) is 9.13 Å². The van der Waals surface area contributed by atoms with Crippen LogP contribution in [0.2, 0.25) is 0 Å². The third-order valence-electron chi connectivity index (χ3n) is 5.58. The Morgan fingerprint density at radius 3 is 1.10 bits per heavy atom. The van der Waals surface area contributed by atoms with Crippen molar-refractivity contribution in [1.29, 1.82) is 0 Å². The molecule has 0 N–H and O–H groups in total. The summed E-state index contributed by atoms with van der Waals surface area (Å²) in [7, 11) is 0. The molecule has 208 valence electrons. The van der Waals surface area contributed by atoms with Crippen LogP contribution in [0.25, 0.3) is 0 Å². The van der Waals surface area contributed by atoms with Crippen LogP contribution in [-0.2, 0) is 34.8 Å². The van der Waals surface area contributed by atoms with Gasteiger partial charge in [0.1, 0.15) is 0 Å². The third-order valence-corrected chi connectivity index (χ3v) is 5.58. The molecular formula is C34H30F4N2Ti. The number of halogens is 4. The van der Waals surface area contributed by atoms with Crippen molar-refractivity contribution in [3.8, 4) is 0 Å². The van der Waals surface area contributed by atoms with Gasteiger partial charge in [0, 0.05) is 61.1 Å². The number of benzene rings is 2. The molecule has 0 spiro atoms. The van der Waals surface area contributed by atoms with E-state index in [4.69, 9.17) is 0 Å². The first kappa shape index (κ1) is 33.3. The van der Waals surface area contributed by atoms with Gasteiger partial charge in [-0.3, -0.25) is 0 Å². The van der Waals surface area contributed by atoms with E-state index in [1.54, 1.807) is 0 Å². The van der Waals surface area contributed by atoms with E-state index in [9.17, 15) is 17.6 Å². The van der Waals surface area contributed by atoms with Gasteiger partial charge in [0.2, 0.25) is 0 Å². The van der Waals surface area contributed by atoms with E-state index >= 15 is 0 Å². The van der Waals surface area contributed by atoms with Crippen molar-refractivity contribution >= 4 is 0 Å². The summed E-state index contributed by atoms with van der Waals surface area (Å²) in [6.45, 7) is 4.96. The van der Waals surface area contributed by atoms with Gasteiger partial charge in [0.15, 0.2) is 0 Å². The standard InChI is InChI=1S/2C11H8F2N.2C6H7.Ti/c2*12-10-4-3-9(11(13)7-10)8-14-5-1-2-6-14;2*1-6-4-2-3-5-6;/h2*1-6H,8H2;2*2-5H,1H3;/q4*-1;+4. The molecule has 0 aliphatic carbocycles. The molecule has 0 saturated heterocycles. The monoisotopic (exact) mass is 590 g/mol. The van der Waals surface area contributed by atoms with Gasteiger partial charge in [-0.05, 0) is 24.3 Å². The summed E-state index contributed by atoms with van der Waals surface area (Å²) in [5, 5.41) is 0. The number of rotatable bonds is 4. The number of hydrogen-bond donors (Lipinski definition) is 0. The smallest absolute Gasteiger partial charge is 0.361 e. The van der Waals surface area contributed by atoms with E-state index in [-0.39, 0.29) is 21.7 Å². The predicted octanol–water partition coefficient (Wildman–Crippen LogP) is 8.65. The van der Waals surface area contributed by atoms with Crippen molar-refractivity contribution < 1.29 is 39.3 Å². The fraction of sp³-hybridized carbons (Fsp3) is 0.118. The third kappa shape index (κ3) is 12.5. The Balaban J connectivity index is 0.000000204. The second-order valence-electron chi connectivity index (χ2n) is 8.93. The number of aromatic nitrogens is 2. The molecule has 0 bridgehead atoms. The molecule has 2 nitrogen and oxygen atoms in total. The number of hydrogen-bond acceptors (Lipinski definition) is 0. The zero-order valence-electron chi connectivity index (χ0n) is 22.9. The van der Waals surface area contributed by atoms with E-state index in [1.165, 1.54) is 35.4 Å². The van der Waals surface area contributed by atoms with Crippen LogP contribution >= 0.6 is 0 Å². The summed E-state index contributed by atoms with van der Waals surface area (Å²) < 4.78 is 54.9. The topological polar surface area (TPSA) is 9.86 Å². The molecule has 0 aliphatic heterocycles. The van der Waals surface area contributed by atoms with Crippen molar-refractivity contribution in [2.45, 2.75) is 26.9 Å². The summed E-state index contributed by atoms with van der Waals surface area (Å²) in [5.41, 5.74) is 3.55. The van der Waals surface area contributed by atoms with Gasteiger partial charge < -0.3 is 9.13 Å². The second kappa shape index (κ2) is 17.7. The average molecular weight is 590 g/mol. The van der Waals surface area contributed by atoms with Gasteiger partial charge in [0.25, 0.3) is 0 Å². The molecule has 4 aromatic carbocycles. The molecule has 0 saturated carbocycles. The first-order valence-electron chi connectivity index (χ1n) is 12.6. The molecule has 0 radical (unpaired) electrons. The van der Waals surface area contributed by atoms with Gasteiger partial charge >= 0.3 is 21.7 Å². The Morgan fingerprint density at radius 1 is 0.537 bits per heavy atom. The second-order valence-corrected chi connectivity index (χ2v) is 8.93. The van der Waals surface area contributed by atoms with Crippen LogP contribution < -0.4 is 0 Å². The van der Waals surface area contributed by atoms with Gasteiger partial charge in [-0.1, -0.05) is 13.8 Å². The normalized spacial score (nSPS) is 9.71. The van der Waals surface area contributed by atoms with Crippen LogP contribution in [0.3, 0.4) is 0 Å². The number of aryl methyl sites for hydroxylation is 2. The fourth-order valence-corrected chi connectivity index (χ4v) is 3.48. The summed E-state index contributed by atoms with van der Waals surface area (Å²) in [4.78, 5) is 0. The van der Waals surface area contributed by atoms with E-state index in [0.717, 1.165) is 0 Å². The molecule has 2 heterocycles. The summed E-state index contributed by atoms with van der Waals surface area (Å²) >= 11 is 0. The molecule has 6 aromatic rings. The van der Waals surface area contributed by atoms with Crippen molar-refractivity contribution in [3.63, 3.8) is 0 Å². The van der Waals surface area contributed by atoms with Crippen molar-refractivity contribution in [3.05, 3.63) is 180 Å². The molecule has 0 aliphatic rings. The van der Waals surface area contributed by atoms with Crippen LogP contribution in [0.5, 0.6) is 0 Å². The Labute approximate surface area is 254 Å². The zero-order chi connectivity index (χ0) is 28.7. The van der Waals surface area contributed by atoms with E-state index in [0.29, 0.717) is 24.2 Å². The predicted molar refractivity (Wildman–Crippen MR) is 151 cm³/mol. The number of nitrogens with zero attached hydrogens (tertiary/aromatic N) is 2. The van der Waals surface area contributed by atoms with Gasteiger partial charge in [-0.25, -0.2) is 41.8 Å². The summed E-state index contributed by atoms with van der Waals surface area (Å²) in [5.74, 6) is -2.59. The zero-order valence-corrected chi connectivity index (χ0v) is 24.4.